The standard InChI is InChI=1S/C21H28N2O4S/c1-14-7-8-15(2)19(13-14)27-16(3)20(24)22-17-9-11-18(12-10-17)28(25,26)23-21(4,5)6/h7-13,16,23H,1-6H3,(H,22,24). The molecule has 6 nitrogen and oxygen atoms in total. The predicted molar refractivity (Wildman–Crippen MR) is 111 cm³/mol. The third-order valence-corrected chi connectivity index (χ3v) is 5.66. The van der Waals surface area contributed by atoms with Gasteiger partial charge in [0.25, 0.3) is 5.91 Å². The van der Waals surface area contributed by atoms with Crippen LogP contribution in [0, 0.1) is 13.8 Å². The van der Waals surface area contributed by atoms with Crippen molar-refractivity contribution in [3.8, 4) is 5.75 Å². The summed E-state index contributed by atoms with van der Waals surface area (Å²) < 4.78 is 33.0. The molecule has 0 spiro atoms. The Morgan fingerprint density at radius 1 is 1.04 bits per heavy atom. The average Bonchev–Trinajstić information content (AvgIpc) is 2.56. The molecule has 0 aliphatic rings. The summed E-state index contributed by atoms with van der Waals surface area (Å²) in [5.74, 6) is 0.349. The maximum absolute atomic E-state index is 12.4. The largest absolute Gasteiger partial charge is 0.481 e. The number of ether oxygens (including phenoxy) is 1. The van der Waals surface area contributed by atoms with Crippen molar-refractivity contribution in [2.24, 2.45) is 0 Å². The summed E-state index contributed by atoms with van der Waals surface area (Å²) >= 11 is 0. The summed E-state index contributed by atoms with van der Waals surface area (Å²) in [6, 6.07) is 11.8. The molecule has 0 bridgehead atoms. The molecule has 1 unspecified atom stereocenters. The molecule has 0 heterocycles. The summed E-state index contributed by atoms with van der Waals surface area (Å²) in [6.45, 7) is 10.9. The second kappa shape index (κ2) is 8.32. The van der Waals surface area contributed by atoms with Crippen molar-refractivity contribution in [3.05, 3.63) is 53.6 Å². The van der Waals surface area contributed by atoms with Gasteiger partial charge in [0.2, 0.25) is 10.0 Å². The first-order valence-corrected chi connectivity index (χ1v) is 10.5. The quantitative estimate of drug-likeness (QED) is 0.767. The zero-order valence-electron chi connectivity index (χ0n) is 17.2. The highest BCUT2D eigenvalue weighted by molar-refractivity contribution is 7.89. The fourth-order valence-corrected chi connectivity index (χ4v) is 3.92. The topological polar surface area (TPSA) is 84.5 Å². The molecule has 28 heavy (non-hydrogen) atoms. The van der Waals surface area contributed by atoms with E-state index < -0.39 is 21.7 Å². The Balaban J connectivity index is 2.05. The van der Waals surface area contributed by atoms with Crippen molar-refractivity contribution in [3.63, 3.8) is 0 Å². The molecule has 0 saturated heterocycles. The molecule has 0 aromatic heterocycles. The van der Waals surface area contributed by atoms with Crippen molar-refractivity contribution in [2.45, 2.75) is 58.1 Å². The smallest absolute Gasteiger partial charge is 0.265 e. The third-order valence-electron chi connectivity index (χ3n) is 3.89. The van der Waals surface area contributed by atoms with E-state index in [0.717, 1.165) is 11.1 Å². The normalized spacial score (nSPS) is 13.1. The third kappa shape index (κ3) is 6.07. The van der Waals surface area contributed by atoms with E-state index in [1.165, 1.54) is 12.1 Å². The fourth-order valence-electron chi connectivity index (χ4n) is 2.50. The number of hydrogen-bond donors (Lipinski definition) is 2. The zero-order valence-corrected chi connectivity index (χ0v) is 18.0. The molecule has 0 aliphatic carbocycles. The van der Waals surface area contributed by atoms with Crippen LogP contribution in [-0.4, -0.2) is 26.0 Å². The van der Waals surface area contributed by atoms with Gasteiger partial charge in [-0.15, -0.1) is 0 Å². The van der Waals surface area contributed by atoms with Gasteiger partial charge in [0.05, 0.1) is 4.90 Å². The number of anilines is 1. The van der Waals surface area contributed by atoms with Crippen molar-refractivity contribution in [1.29, 1.82) is 0 Å². The van der Waals surface area contributed by atoms with Crippen molar-refractivity contribution in [2.75, 3.05) is 5.32 Å². The summed E-state index contributed by atoms with van der Waals surface area (Å²) in [7, 11) is -3.62. The number of hydrogen-bond acceptors (Lipinski definition) is 4. The fraction of sp³-hybridized carbons (Fsp3) is 0.381. The van der Waals surface area contributed by atoms with Crippen LogP contribution in [0.5, 0.6) is 5.75 Å². The van der Waals surface area contributed by atoms with Crippen LogP contribution < -0.4 is 14.8 Å². The van der Waals surface area contributed by atoms with Crippen LogP contribution in [0.3, 0.4) is 0 Å². The van der Waals surface area contributed by atoms with Gasteiger partial charge in [0.1, 0.15) is 5.75 Å². The minimum absolute atomic E-state index is 0.139. The van der Waals surface area contributed by atoms with Crippen molar-refractivity contribution >= 4 is 21.6 Å². The molecule has 0 aliphatic heterocycles. The van der Waals surface area contributed by atoms with Gasteiger partial charge >= 0.3 is 0 Å². The van der Waals surface area contributed by atoms with Crippen molar-refractivity contribution < 1.29 is 17.9 Å². The Kier molecular flexibility index (Phi) is 6.52. The van der Waals surface area contributed by atoms with E-state index in [0.29, 0.717) is 11.4 Å². The van der Waals surface area contributed by atoms with Gasteiger partial charge < -0.3 is 10.1 Å². The lowest BCUT2D eigenvalue weighted by Crippen LogP contribution is -2.40. The number of sulfonamides is 1. The molecule has 0 radical (unpaired) electrons. The Morgan fingerprint density at radius 3 is 2.21 bits per heavy atom. The molecule has 7 heteroatoms. The summed E-state index contributed by atoms with van der Waals surface area (Å²) in [6.07, 6.45) is -0.702. The number of benzene rings is 2. The van der Waals surface area contributed by atoms with E-state index in [2.05, 4.69) is 10.0 Å². The second-order valence-electron chi connectivity index (χ2n) is 7.90. The van der Waals surface area contributed by atoms with Crippen LogP contribution in [0.1, 0.15) is 38.8 Å². The van der Waals surface area contributed by atoms with E-state index in [9.17, 15) is 13.2 Å². The van der Waals surface area contributed by atoms with Gasteiger partial charge in [-0.3, -0.25) is 4.79 Å². The maximum atomic E-state index is 12.4. The molecular formula is C21H28N2O4S. The van der Waals surface area contributed by atoms with Crippen molar-refractivity contribution in [1.82, 2.24) is 4.72 Å². The summed E-state index contributed by atoms with van der Waals surface area (Å²) in [5, 5.41) is 2.74. The number of carbonyl (C=O) groups excluding carboxylic acids is 1. The van der Waals surface area contributed by atoms with E-state index >= 15 is 0 Å². The maximum Gasteiger partial charge on any atom is 0.265 e. The van der Waals surface area contributed by atoms with Gasteiger partial charge in [-0.1, -0.05) is 12.1 Å². The Labute approximate surface area is 167 Å². The number of carbonyl (C=O) groups is 1. The first-order chi connectivity index (χ1) is 12.9. The average molecular weight is 405 g/mol. The number of nitrogens with one attached hydrogen (secondary N) is 2. The summed E-state index contributed by atoms with van der Waals surface area (Å²) in [4.78, 5) is 12.6. The van der Waals surface area contributed by atoms with Gasteiger partial charge in [-0.25, -0.2) is 13.1 Å². The Morgan fingerprint density at radius 2 is 1.64 bits per heavy atom. The van der Waals surface area contributed by atoms with Crippen LogP contribution in [-0.2, 0) is 14.8 Å². The number of aryl methyl sites for hydroxylation is 2. The zero-order chi connectivity index (χ0) is 21.1. The van der Waals surface area contributed by atoms with Crippen LogP contribution in [0.4, 0.5) is 5.69 Å². The monoisotopic (exact) mass is 404 g/mol. The molecule has 2 aromatic rings. The van der Waals surface area contributed by atoms with Crippen LogP contribution in [0.15, 0.2) is 47.4 Å². The number of amides is 1. The minimum Gasteiger partial charge on any atom is -0.481 e. The molecular weight excluding hydrogens is 376 g/mol. The first-order valence-electron chi connectivity index (χ1n) is 9.06. The minimum atomic E-state index is -3.62. The van der Waals surface area contributed by atoms with Gasteiger partial charge in [-0.2, -0.15) is 0 Å². The Hall–Kier alpha value is -2.38. The first kappa shape index (κ1) is 21.9. The lowest BCUT2D eigenvalue weighted by molar-refractivity contribution is -0.122. The highest BCUT2D eigenvalue weighted by Crippen LogP contribution is 2.21. The SMILES string of the molecule is Cc1ccc(C)c(OC(C)C(=O)Nc2ccc(S(=O)(=O)NC(C)(C)C)cc2)c1. The lowest BCUT2D eigenvalue weighted by Gasteiger charge is -2.20. The Bertz CT molecular complexity index is 945. The van der Waals surface area contributed by atoms with Gasteiger partial charge in [-0.05, 0) is 83.0 Å². The molecule has 1 atom stereocenters. The highest BCUT2D eigenvalue weighted by atomic mass is 32.2. The molecule has 152 valence electrons. The molecule has 2 N–H and O–H groups in total. The predicted octanol–water partition coefficient (Wildman–Crippen LogP) is 3.79. The highest BCUT2D eigenvalue weighted by Gasteiger charge is 2.22. The van der Waals surface area contributed by atoms with E-state index in [-0.39, 0.29) is 10.8 Å². The van der Waals surface area contributed by atoms with E-state index in [4.69, 9.17) is 4.74 Å². The van der Waals surface area contributed by atoms with Crippen LogP contribution >= 0.6 is 0 Å². The summed E-state index contributed by atoms with van der Waals surface area (Å²) in [5.41, 5.74) is 1.92. The molecule has 1 amide bonds. The van der Waals surface area contributed by atoms with E-state index in [1.54, 1.807) is 39.8 Å². The second-order valence-corrected chi connectivity index (χ2v) is 9.58. The molecule has 2 rings (SSSR count). The molecule has 0 fully saturated rings. The van der Waals surface area contributed by atoms with Gasteiger partial charge in [0.15, 0.2) is 6.10 Å². The molecule has 0 saturated carbocycles. The van der Waals surface area contributed by atoms with Crippen LogP contribution in [0.2, 0.25) is 0 Å². The molecule has 2 aromatic carbocycles. The lowest BCUT2D eigenvalue weighted by atomic mass is 10.1. The van der Waals surface area contributed by atoms with E-state index in [1.807, 2.05) is 32.0 Å². The number of rotatable bonds is 6. The van der Waals surface area contributed by atoms with Crippen LogP contribution in [0.25, 0.3) is 0 Å². The van der Waals surface area contributed by atoms with Gasteiger partial charge in [0, 0.05) is 11.2 Å².